The van der Waals surface area contributed by atoms with Gasteiger partial charge in [-0.1, -0.05) is 36.6 Å². The molecule has 1 unspecified atom stereocenters. The van der Waals surface area contributed by atoms with E-state index in [9.17, 15) is 0 Å². The van der Waals surface area contributed by atoms with Crippen LogP contribution in [-0.4, -0.2) is 6.04 Å². The third-order valence-electron chi connectivity index (χ3n) is 4.09. The fraction of sp³-hybridized carbons (Fsp3) is 0.600. The van der Waals surface area contributed by atoms with E-state index in [1.54, 1.807) is 0 Å². The number of nitrogens with one attached hydrogen (secondary N) is 1. The molecule has 0 heterocycles. The van der Waals surface area contributed by atoms with E-state index in [1.165, 1.54) is 44.1 Å². The molecule has 17 heavy (non-hydrogen) atoms. The Morgan fingerprint density at radius 1 is 1.00 bits per heavy atom. The smallest absolute Gasteiger partial charge is 0.0406 e. The molecule has 0 amide bonds. The number of benzene rings is 1. The summed E-state index contributed by atoms with van der Waals surface area (Å²) < 4.78 is 0. The van der Waals surface area contributed by atoms with Gasteiger partial charge >= 0.3 is 0 Å². The summed E-state index contributed by atoms with van der Waals surface area (Å²) in [6.45, 7) is 0. The van der Waals surface area contributed by atoms with Gasteiger partial charge in [0, 0.05) is 17.1 Å². The highest BCUT2D eigenvalue weighted by molar-refractivity contribution is 6.30. The van der Waals surface area contributed by atoms with Gasteiger partial charge in [0.2, 0.25) is 0 Å². The highest BCUT2D eigenvalue weighted by Gasteiger charge is 2.33. The lowest BCUT2D eigenvalue weighted by molar-refractivity contribution is 0.406. The Labute approximate surface area is 109 Å². The lowest BCUT2D eigenvalue weighted by Gasteiger charge is -2.23. The van der Waals surface area contributed by atoms with Crippen molar-refractivity contribution in [3.63, 3.8) is 0 Å². The molecular formula is C15H20ClN. The zero-order chi connectivity index (χ0) is 11.7. The maximum absolute atomic E-state index is 5.96. The first kappa shape index (κ1) is 11.6. The third kappa shape index (κ3) is 2.83. The average Bonchev–Trinajstić information content (AvgIpc) is 3.05. The van der Waals surface area contributed by atoms with Crippen molar-refractivity contribution in [2.75, 3.05) is 0 Å². The van der Waals surface area contributed by atoms with E-state index in [0.29, 0.717) is 6.04 Å². The van der Waals surface area contributed by atoms with Crippen LogP contribution >= 0.6 is 11.6 Å². The molecule has 1 aromatic carbocycles. The Morgan fingerprint density at radius 2 is 1.65 bits per heavy atom. The second kappa shape index (κ2) is 4.99. The van der Waals surface area contributed by atoms with E-state index in [0.717, 1.165) is 17.0 Å². The third-order valence-corrected chi connectivity index (χ3v) is 4.34. The van der Waals surface area contributed by atoms with Gasteiger partial charge in [0.25, 0.3) is 0 Å². The Morgan fingerprint density at radius 3 is 2.24 bits per heavy atom. The van der Waals surface area contributed by atoms with Crippen molar-refractivity contribution in [2.45, 2.75) is 50.6 Å². The Bertz CT molecular complexity index is 363. The van der Waals surface area contributed by atoms with Crippen molar-refractivity contribution in [3.05, 3.63) is 34.9 Å². The molecule has 0 bridgehead atoms. The molecule has 1 N–H and O–H groups in total. The van der Waals surface area contributed by atoms with Gasteiger partial charge in [-0.3, -0.25) is 0 Å². The van der Waals surface area contributed by atoms with Crippen LogP contribution in [0.1, 0.15) is 50.1 Å². The SMILES string of the molecule is Clc1ccc(C(NC2CCCC2)C2CC2)cc1. The summed E-state index contributed by atoms with van der Waals surface area (Å²) in [4.78, 5) is 0. The predicted molar refractivity (Wildman–Crippen MR) is 72.3 cm³/mol. The summed E-state index contributed by atoms with van der Waals surface area (Å²) in [6.07, 6.45) is 8.28. The van der Waals surface area contributed by atoms with Gasteiger partial charge in [-0.25, -0.2) is 0 Å². The lowest BCUT2D eigenvalue weighted by atomic mass is 10.0. The average molecular weight is 250 g/mol. The molecule has 2 fully saturated rings. The molecule has 1 atom stereocenters. The molecular weight excluding hydrogens is 230 g/mol. The predicted octanol–water partition coefficient (Wildman–Crippen LogP) is 4.32. The first-order chi connectivity index (χ1) is 8.33. The first-order valence-corrected chi connectivity index (χ1v) is 7.22. The van der Waals surface area contributed by atoms with Crippen LogP contribution in [0.15, 0.2) is 24.3 Å². The molecule has 2 saturated carbocycles. The van der Waals surface area contributed by atoms with Gasteiger partial charge in [0.15, 0.2) is 0 Å². The molecule has 0 aromatic heterocycles. The number of rotatable bonds is 4. The summed E-state index contributed by atoms with van der Waals surface area (Å²) in [5.74, 6) is 0.858. The van der Waals surface area contributed by atoms with Gasteiger partial charge in [-0.15, -0.1) is 0 Å². The van der Waals surface area contributed by atoms with Crippen molar-refractivity contribution in [1.82, 2.24) is 5.32 Å². The van der Waals surface area contributed by atoms with E-state index in [2.05, 4.69) is 17.4 Å². The fourth-order valence-corrected chi connectivity index (χ4v) is 3.08. The fourth-order valence-electron chi connectivity index (χ4n) is 2.95. The van der Waals surface area contributed by atoms with Crippen molar-refractivity contribution < 1.29 is 0 Å². The summed E-state index contributed by atoms with van der Waals surface area (Å²) in [6, 6.07) is 9.72. The molecule has 3 rings (SSSR count). The van der Waals surface area contributed by atoms with Crippen molar-refractivity contribution >= 4 is 11.6 Å². The number of halogens is 1. The maximum Gasteiger partial charge on any atom is 0.0406 e. The molecule has 1 nitrogen and oxygen atoms in total. The minimum absolute atomic E-state index is 0.565. The molecule has 0 spiro atoms. The molecule has 2 heteroatoms. The van der Waals surface area contributed by atoms with Gasteiger partial charge in [-0.2, -0.15) is 0 Å². The zero-order valence-electron chi connectivity index (χ0n) is 10.2. The minimum Gasteiger partial charge on any atom is -0.307 e. The van der Waals surface area contributed by atoms with Crippen LogP contribution in [0.4, 0.5) is 0 Å². The Hall–Kier alpha value is -0.530. The van der Waals surface area contributed by atoms with E-state index in [1.807, 2.05) is 12.1 Å². The van der Waals surface area contributed by atoms with Crippen LogP contribution in [0.2, 0.25) is 5.02 Å². The summed E-state index contributed by atoms with van der Waals surface area (Å²) in [5.41, 5.74) is 1.42. The van der Waals surface area contributed by atoms with Gasteiger partial charge in [0.1, 0.15) is 0 Å². The van der Waals surface area contributed by atoms with E-state index < -0.39 is 0 Å². The van der Waals surface area contributed by atoms with Crippen LogP contribution in [0.25, 0.3) is 0 Å². The van der Waals surface area contributed by atoms with Gasteiger partial charge in [0.05, 0.1) is 0 Å². The first-order valence-electron chi connectivity index (χ1n) is 6.84. The van der Waals surface area contributed by atoms with Gasteiger partial charge in [-0.05, 0) is 49.3 Å². The van der Waals surface area contributed by atoms with Crippen molar-refractivity contribution in [1.29, 1.82) is 0 Å². The van der Waals surface area contributed by atoms with E-state index in [-0.39, 0.29) is 0 Å². The van der Waals surface area contributed by atoms with Crippen molar-refractivity contribution in [3.8, 4) is 0 Å². The normalized spacial score (nSPS) is 22.9. The van der Waals surface area contributed by atoms with E-state index in [4.69, 9.17) is 11.6 Å². The minimum atomic E-state index is 0.565. The summed E-state index contributed by atoms with van der Waals surface area (Å²) in [5, 5.41) is 4.71. The summed E-state index contributed by atoms with van der Waals surface area (Å²) in [7, 11) is 0. The lowest BCUT2D eigenvalue weighted by Crippen LogP contribution is -2.31. The molecule has 1 aromatic rings. The second-order valence-corrected chi connectivity index (χ2v) is 5.95. The molecule has 0 radical (unpaired) electrons. The van der Waals surface area contributed by atoms with E-state index >= 15 is 0 Å². The summed E-state index contributed by atoms with van der Waals surface area (Å²) >= 11 is 5.96. The molecule has 2 aliphatic rings. The zero-order valence-corrected chi connectivity index (χ0v) is 10.9. The van der Waals surface area contributed by atoms with Crippen LogP contribution in [0.3, 0.4) is 0 Å². The number of hydrogen-bond acceptors (Lipinski definition) is 1. The monoisotopic (exact) mass is 249 g/mol. The largest absolute Gasteiger partial charge is 0.307 e. The molecule has 0 saturated heterocycles. The topological polar surface area (TPSA) is 12.0 Å². The van der Waals surface area contributed by atoms with Crippen LogP contribution < -0.4 is 5.32 Å². The maximum atomic E-state index is 5.96. The Kier molecular flexibility index (Phi) is 3.39. The number of hydrogen-bond donors (Lipinski definition) is 1. The van der Waals surface area contributed by atoms with Gasteiger partial charge < -0.3 is 5.32 Å². The standard InChI is InChI=1S/C15H20ClN/c16-13-9-7-12(8-10-13)15(11-5-6-11)17-14-3-1-2-4-14/h7-11,14-15,17H,1-6H2. The highest BCUT2D eigenvalue weighted by Crippen LogP contribution is 2.42. The Balaban J connectivity index is 1.72. The molecule has 0 aliphatic heterocycles. The van der Waals surface area contributed by atoms with Crippen LogP contribution in [0, 0.1) is 5.92 Å². The quantitative estimate of drug-likeness (QED) is 0.838. The highest BCUT2D eigenvalue weighted by atomic mass is 35.5. The second-order valence-electron chi connectivity index (χ2n) is 5.51. The van der Waals surface area contributed by atoms with Crippen molar-refractivity contribution in [2.24, 2.45) is 5.92 Å². The van der Waals surface area contributed by atoms with Crippen LogP contribution in [0.5, 0.6) is 0 Å². The van der Waals surface area contributed by atoms with Crippen LogP contribution in [-0.2, 0) is 0 Å². The molecule has 2 aliphatic carbocycles. The molecule has 92 valence electrons.